The maximum Gasteiger partial charge on any atom is 0.413 e. The van der Waals surface area contributed by atoms with E-state index < -0.39 is 11.6 Å². The van der Waals surface area contributed by atoms with Crippen molar-refractivity contribution in [3.05, 3.63) is 36.7 Å². The topological polar surface area (TPSA) is 88.0 Å². The minimum Gasteiger partial charge on any atom is -0.490 e. The van der Waals surface area contributed by atoms with Crippen LogP contribution < -0.4 is 19.3 Å². The summed E-state index contributed by atoms with van der Waals surface area (Å²) in [6.45, 7) is 9.47. The van der Waals surface area contributed by atoms with Crippen LogP contribution in [0.15, 0.2) is 36.7 Å². The summed E-state index contributed by atoms with van der Waals surface area (Å²) in [6, 6.07) is 7.68. The molecule has 30 heavy (non-hydrogen) atoms. The molecule has 1 aromatic carbocycles. The molecule has 0 aliphatic carbocycles. The highest BCUT2D eigenvalue weighted by Gasteiger charge is 2.30. The second kappa shape index (κ2) is 9.19. The summed E-state index contributed by atoms with van der Waals surface area (Å²) >= 11 is 0. The van der Waals surface area contributed by atoms with Gasteiger partial charge in [-0.25, -0.2) is 9.78 Å². The summed E-state index contributed by atoms with van der Waals surface area (Å²) in [6.07, 6.45) is 3.94. The number of aromatic nitrogens is 2. The van der Waals surface area contributed by atoms with Crippen molar-refractivity contribution in [2.75, 3.05) is 29.5 Å². The van der Waals surface area contributed by atoms with Crippen LogP contribution in [0.25, 0.3) is 0 Å². The summed E-state index contributed by atoms with van der Waals surface area (Å²) in [5.74, 6) is 2.43. The number of ether oxygens (including phenoxy) is 2. The van der Waals surface area contributed by atoms with E-state index in [0.717, 1.165) is 30.9 Å². The van der Waals surface area contributed by atoms with E-state index in [1.807, 2.05) is 52.0 Å². The van der Waals surface area contributed by atoms with Crippen molar-refractivity contribution in [2.45, 2.75) is 52.2 Å². The van der Waals surface area contributed by atoms with E-state index in [-0.39, 0.29) is 6.10 Å². The van der Waals surface area contributed by atoms with E-state index in [2.05, 4.69) is 14.9 Å². The van der Waals surface area contributed by atoms with Crippen LogP contribution in [0, 0.1) is 0 Å². The van der Waals surface area contributed by atoms with Crippen molar-refractivity contribution in [3.8, 4) is 11.5 Å². The number of carbonyl (C=O) groups is 1. The lowest BCUT2D eigenvalue weighted by molar-refractivity contribution is 0.170. The van der Waals surface area contributed by atoms with Gasteiger partial charge in [0, 0.05) is 12.1 Å². The van der Waals surface area contributed by atoms with Crippen molar-refractivity contribution in [3.63, 3.8) is 0 Å². The Labute approximate surface area is 177 Å². The van der Waals surface area contributed by atoms with Gasteiger partial charge in [0.1, 0.15) is 11.9 Å². The molecule has 3 rings (SSSR count). The van der Waals surface area contributed by atoms with E-state index >= 15 is 0 Å². The van der Waals surface area contributed by atoms with Crippen molar-refractivity contribution < 1.29 is 19.4 Å². The zero-order valence-electron chi connectivity index (χ0n) is 18.0. The van der Waals surface area contributed by atoms with Crippen LogP contribution >= 0.6 is 0 Å². The lowest BCUT2D eigenvalue weighted by Crippen LogP contribution is -2.46. The average Bonchev–Trinajstić information content (AvgIpc) is 2.69. The largest absolute Gasteiger partial charge is 0.490 e. The molecule has 0 bridgehead atoms. The molecule has 1 aromatic heterocycles. The van der Waals surface area contributed by atoms with Crippen molar-refractivity contribution in [2.24, 2.45) is 0 Å². The normalized spacial score (nSPS) is 16.8. The molecule has 0 radical (unpaired) electrons. The van der Waals surface area contributed by atoms with Gasteiger partial charge in [0.2, 0.25) is 0 Å². The van der Waals surface area contributed by atoms with E-state index in [0.29, 0.717) is 24.8 Å². The van der Waals surface area contributed by atoms with Gasteiger partial charge in [-0.1, -0.05) is 12.1 Å². The van der Waals surface area contributed by atoms with Gasteiger partial charge < -0.3 is 19.5 Å². The highest BCUT2D eigenvalue weighted by Crippen LogP contribution is 2.30. The monoisotopic (exact) mass is 414 g/mol. The molecule has 1 aliphatic rings. The van der Waals surface area contributed by atoms with Crippen LogP contribution in [-0.4, -0.2) is 52.5 Å². The van der Waals surface area contributed by atoms with Gasteiger partial charge in [0.15, 0.2) is 17.3 Å². The molecular formula is C22H30N4O4. The van der Waals surface area contributed by atoms with Gasteiger partial charge >= 0.3 is 6.09 Å². The number of para-hydroxylation sites is 2. The number of anilines is 2. The Morgan fingerprint density at radius 2 is 2.00 bits per heavy atom. The van der Waals surface area contributed by atoms with Gasteiger partial charge in [0.05, 0.1) is 25.5 Å². The average molecular weight is 415 g/mol. The van der Waals surface area contributed by atoms with Crippen LogP contribution in [-0.2, 0) is 0 Å². The molecule has 1 atom stereocenters. The first-order valence-corrected chi connectivity index (χ1v) is 10.3. The number of piperidine rings is 1. The van der Waals surface area contributed by atoms with E-state index in [4.69, 9.17) is 9.47 Å². The standard InChI is InChI=1S/C22H30N4O4/c1-5-29-17-10-6-7-11-18(17)30-16-9-8-12-25(15-16)19-13-23-14-20(24-19)26(21(27)28)22(2,3)4/h6-7,10-11,13-14,16H,5,8-9,12,15H2,1-4H3,(H,27,28). The molecule has 1 N–H and O–H groups in total. The van der Waals surface area contributed by atoms with Gasteiger partial charge in [-0.15, -0.1) is 0 Å². The molecule has 1 aliphatic heterocycles. The summed E-state index contributed by atoms with van der Waals surface area (Å²) in [5, 5.41) is 9.65. The smallest absolute Gasteiger partial charge is 0.413 e. The Kier molecular flexibility index (Phi) is 6.64. The first-order chi connectivity index (χ1) is 14.3. The molecule has 0 saturated carbocycles. The number of amides is 1. The second-order valence-electron chi connectivity index (χ2n) is 8.23. The number of nitrogens with zero attached hydrogens (tertiary/aromatic N) is 4. The van der Waals surface area contributed by atoms with Gasteiger partial charge in [-0.3, -0.25) is 9.88 Å². The third-order valence-electron chi connectivity index (χ3n) is 4.85. The molecule has 1 unspecified atom stereocenters. The number of carboxylic acid groups (broad SMARTS) is 1. The fourth-order valence-corrected chi connectivity index (χ4v) is 3.58. The Bertz CT molecular complexity index is 868. The van der Waals surface area contributed by atoms with Gasteiger partial charge in [-0.2, -0.15) is 0 Å². The first-order valence-electron chi connectivity index (χ1n) is 10.3. The van der Waals surface area contributed by atoms with Crippen LogP contribution in [0.4, 0.5) is 16.4 Å². The molecule has 0 spiro atoms. The zero-order valence-corrected chi connectivity index (χ0v) is 18.0. The number of hydrogen-bond donors (Lipinski definition) is 1. The quantitative estimate of drug-likeness (QED) is 0.757. The third-order valence-corrected chi connectivity index (χ3v) is 4.85. The van der Waals surface area contributed by atoms with E-state index in [1.165, 1.54) is 11.1 Å². The number of rotatable bonds is 6. The van der Waals surface area contributed by atoms with Crippen LogP contribution in [0.5, 0.6) is 11.5 Å². The van der Waals surface area contributed by atoms with E-state index in [9.17, 15) is 9.90 Å². The third kappa shape index (κ3) is 5.11. The summed E-state index contributed by atoms with van der Waals surface area (Å²) < 4.78 is 11.9. The molecule has 2 heterocycles. The fraction of sp³-hybridized carbons (Fsp3) is 0.500. The lowest BCUT2D eigenvalue weighted by Gasteiger charge is -2.35. The maximum atomic E-state index is 11.8. The minimum atomic E-state index is -1.05. The molecule has 2 aromatic rings. The molecule has 162 valence electrons. The molecule has 1 amide bonds. The first kappa shape index (κ1) is 21.7. The maximum absolute atomic E-state index is 11.8. The highest BCUT2D eigenvalue weighted by molar-refractivity contribution is 5.86. The number of benzene rings is 1. The second-order valence-corrected chi connectivity index (χ2v) is 8.23. The molecule has 8 nitrogen and oxygen atoms in total. The van der Waals surface area contributed by atoms with Crippen molar-refractivity contribution >= 4 is 17.7 Å². The zero-order chi connectivity index (χ0) is 21.7. The number of hydrogen-bond acceptors (Lipinski definition) is 6. The Morgan fingerprint density at radius 1 is 1.27 bits per heavy atom. The summed E-state index contributed by atoms with van der Waals surface area (Å²) in [5.41, 5.74) is -0.629. The van der Waals surface area contributed by atoms with Gasteiger partial charge in [-0.05, 0) is 52.7 Å². The Morgan fingerprint density at radius 3 is 2.67 bits per heavy atom. The van der Waals surface area contributed by atoms with Gasteiger partial charge in [0.25, 0.3) is 0 Å². The minimum absolute atomic E-state index is 0.0241. The van der Waals surface area contributed by atoms with Crippen LogP contribution in [0.3, 0.4) is 0 Å². The highest BCUT2D eigenvalue weighted by atomic mass is 16.5. The van der Waals surface area contributed by atoms with Crippen LogP contribution in [0.1, 0.15) is 40.5 Å². The summed E-state index contributed by atoms with van der Waals surface area (Å²) in [7, 11) is 0. The molecule has 1 saturated heterocycles. The molecule has 8 heteroatoms. The Hall–Kier alpha value is -3.03. The van der Waals surface area contributed by atoms with Crippen molar-refractivity contribution in [1.82, 2.24) is 9.97 Å². The summed E-state index contributed by atoms with van der Waals surface area (Å²) in [4.78, 5) is 24.0. The Balaban J connectivity index is 1.77. The fourth-order valence-electron chi connectivity index (χ4n) is 3.58. The SMILES string of the molecule is CCOc1ccccc1OC1CCCN(c2cncc(N(C(=O)O)C(C)(C)C)n2)C1. The lowest BCUT2D eigenvalue weighted by atomic mass is 10.1. The molecule has 1 fully saturated rings. The molecular weight excluding hydrogens is 384 g/mol. The van der Waals surface area contributed by atoms with Crippen LogP contribution in [0.2, 0.25) is 0 Å². The van der Waals surface area contributed by atoms with E-state index in [1.54, 1.807) is 6.20 Å². The van der Waals surface area contributed by atoms with Crippen molar-refractivity contribution in [1.29, 1.82) is 0 Å². The predicted molar refractivity (Wildman–Crippen MR) is 116 cm³/mol. The predicted octanol–water partition coefficient (Wildman–Crippen LogP) is 4.21.